The summed E-state index contributed by atoms with van der Waals surface area (Å²) in [6.07, 6.45) is 0. The van der Waals surface area contributed by atoms with Crippen LogP contribution >= 0.6 is 0 Å². The van der Waals surface area contributed by atoms with Crippen molar-refractivity contribution in [1.29, 1.82) is 0 Å². The molecule has 2 rings (SSSR count). The molecule has 0 bridgehead atoms. The highest BCUT2D eigenvalue weighted by molar-refractivity contribution is 5.33. The molecule has 1 atom stereocenters. The topological polar surface area (TPSA) is 38.5 Å². The lowest BCUT2D eigenvalue weighted by molar-refractivity contribution is 0.0352. The van der Waals surface area contributed by atoms with Crippen molar-refractivity contribution in [3.05, 3.63) is 34.9 Å². The Hall–Kier alpha value is -0.900. The minimum Gasteiger partial charge on any atom is -0.379 e. The Morgan fingerprint density at radius 2 is 2.00 bits per heavy atom. The second-order valence-electron chi connectivity index (χ2n) is 4.88. The molecule has 1 aromatic carbocycles. The Labute approximate surface area is 104 Å². The summed E-state index contributed by atoms with van der Waals surface area (Å²) in [5, 5.41) is 0. The molecule has 94 valence electrons. The maximum absolute atomic E-state index is 6.31. The summed E-state index contributed by atoms with van der Waals surface area (Å²) >= 11 is 0. The molecule has 3 heteroatoms. The monoisotopic (exact) mass is 234 g/mol. The van der Waals surface area contributed by atoms with Crippen LogP contribution in [0.2, 0.25) is 0 Å². The minimum atomic E-state index is 0.105. The van der Waals surface area contributed by atoms with Crippen LogP contribution in [0.25, 0.3) is 0 Å². The maximum Gasteiger partial charge on any atom is 0.0594 e. The van der Waals surface area contributed by atoms with E-state index in [1.807, 2.05) is 0 Å². The number of morpholine rings is 1. The summed E-state index contributed by atoms with van der Waals surface area (Å²) in [6.45, 7) is 8.84. The first-order valence-electron chi connectivity index (χ1n) is 6.29. The number of ether oxygens (including phenoxy) is 1. The molecule has 1 aliphatic heterocycles. The molecule has 0 aromatic heterocycles. The standard InChI is InChI=1S/C14H22N2O/c1-11-3-4-12(2)13(9-11)14(15)10-16-5-7-17-8-6-16/h3-4,9,14H,5-8,10,15H2,1-2H3. The molecule has 17 heavy (non-hydrogen) atoms. The zero-order chi connectivity index (χ0) is 12.3. The molecule has 1 aromatic rings. The lowest BCUT2D eigenvalue weighted by Gasteiger charge is -2.29. The molecule has 3 nitrogen and oxygen atoms in total. The summed E-state index contributed by atoms with van der Waals surface area (Å²) < 4.78 is 5.35. The summed E-state index contributed by atoms with van der Waals surface area (Å²) in [5.74, 6) is 0. The Kier molecular flexibility index (Phi) is 4.15. The predicted octanol–water partition coefficient (Wildman–Crippen LogP) is 1.64. The molecule has 0 spiro atoms. The van der Waals surface area contributed by atoms with Crippen LogP contribution < -0.4 is 5.73 Å². The van der Waals surface area contributed by atoms with Gasteiger partial charge in [-0.3, -0.25) is 4.90 Å². The SMILES string of the molecule is Cc1ccc(C)c(C(N)CN2CCOCC2)c1. The van der Waals surface area contributed by atoms with E-state index in [9.17, 15) is 0 Å². The van der Waals surface area contributed by atoms with Crippen molar-refractivity contribution in [2.24, 2.45) is 5.73 Å². The molecule has 1 saturated heterocycles. The lowest BCUT2D eigenvalue weighted by Crippen LogP contribution is -2.40. The van der Waals surface area contributed by atoms with Crippen molar-refractivity contribution in [2.45, 2.75) is 19.9 Å². The van der Waals surface area contributed by atoms with E-state index >= 15 is 0 Å². The van der Waals surface area contributed by atoms with Crippen molar-refractivity contribution in [2.75, 3.05) is 32.8 Å². The molecule has 0 aliphatic carbocycles. The van der Waals surface area contributed by atoms with Crippen LogP contribution in [0.5, 0.6) is 0 Å². The highest BCUT2D eigenvalue weighted by Crippen LogP contribution is 2.18. The van der Waals surface area contributed by atoms with Crippen molar-refractivity contribution in [1.82, 2.24) is 4.90 Å². The smallest absolute Gasteiger partial charge is 0.0594 e. The normalized spacial score (nSPS) is 19.2. The predicted molar refractivity (Wildman–Crippen MR) is 70.1 cm³/mol. The molecule has 0 amide bonds. The third-order valence-corrected chi connectivity index (χ3v) is 3.39. The van der Waals surface area contributed by atoms with Gasteiger partial charge in [-0.05, 0) is 25.0 Å². The van der Waals surface area contributed by atoms with Gasteiger partial charge >= 0.3 is 0 Å². The van der Waals surface area contributed by atoms with Crippen molar-refractivity contribution in [3.8, 4) is 0 Å². The van der Waals surface area contributed by atoms with Gasteiger partial charge in [0.15, 0.2) is 0 Å². The van der Waals surface area contributed by atoms with Crippen LogP contribution in [-0.2, 0) is 4.74 Å². The number of hydrogen-bond acceptors (Lipinski definition) is 3. The Bertz CT molecular complexity index is 372. The van der Waals surface area contributed by atoms with Gasteiger partial charge in [-0.1, -0.05) is 23.8 Å². The van der Waals surface area contributed by atoms with E-state index in [-0.39, 0.29) is 6.04 Å². The van der Waals surface area contributed by atoms with E-state index in [1.54, 1.807) is 0 Å². The fraction of sp³-hybridized carbons (Fsp3) is 0.571. The fourth-order valence-electron chi connectivity index (χ4n) is 2.32. The Morgan fingerprint density at radius 3 is 2.71 bits per heavy atom. The number of nitrogens with zero attached hydrogens (tertiary/aromatic N) is 1. The van der Waals surface area contributed by atoms with Gasteiger partial charge in [-0.15, -0.1) is 0 Å². The Balaban J connectivity index is 2.02. The third kappa shape index (κ3) is 3.28. The molecule has 1 unspecified atom stereocenters. The third-order valence-electron chi connectivity index (χ3n) is 3.39. The van der Waals surface area contributed by atoms with Crippen molar-refractivity contribution < 1.29 is 4.74 Å². The highest BCUT2D eigenvalue weighted by atomic mass is 16.5. The second-order valence-corrected chi connectivity index (χ2v) is 4.88. The number of nitrogens with two attached hydrogens (primary N) is 1. The average Bonchev–Trinajstić information content (AvgIpc) is 2.33. The van der Waals surface area contributed by atoms with Gasteiger partial charge in [-0.2, -0.15) is 0 Å². The summed E-state index contributed by atoms with van der Waals surface area (Å²) in [4.78, 5) is 2.38. The Morgan fingerprint density at radius 1 is 1.29 bits per heavy atom. The van der Waals surface area contributed by atoms with Gasteiger partial charge in [0.25, 0.3) is 0 Å². The average molecular weight is 234 g/mol. The van der Waals surface area contributed by atoms with Gasteiger partial charge < -0.3 is 10.5 Å². The van der Waals surface area contributed by atoms with E-state index in [4.69, 9.17) is 10.5 Å². The summed E-state index contributed by atoms with van der Waals surface area (Å²) in [6, 6.07) is 6.61. The zero-order valence-electron chi connectivity index (χ0n) is 10.8. The van der Waals surface area contributed by atoms with Crippen LogP contribution in [0.1, 0.15) is 22.7 Å². The molecular formula is C14H22N2O. The van der Waals surface area contributed by atoms with Crippen LogP contribution in [0, 0.1) is 13.8 Å². The number of aryl methyl sites for hydroxylation is 2. The van der Waals surface area contributed by atoms with Crippen LogP contribution in [-0.4, -0.2) is 37.7 Å². The van der Waals surface area contributed by atoms with Gasteiger partial charge in [0.1, 0.15) is 0 Å². The van der Waals surface area contributed by atoms with Gasteiger partial charge in [0.2, 0.25) is 0 Å². The summed E-state index contributed by atoms with van der Waals surface area (Å²) in [5.41, 5.74) is 10.2. The van der Waals surface area contributed by atoms with Gasteiger partial charge in [0.05, 0.1) is 13.2 Å². The van der Waals surface area contributed by atoms with Crippen molar-refractivity contribution in [3.63, 3.8) is 0 Å². The molecule has 1 heterocycles. The van der Waals surface area contributed by atoms with Gasteiger partial charge in [0, 0.05) is 25.7 Å². The van der Waals surface area contributed by atoms with Crippen LogP contribution in [0.4, 0.5) is 0 Å². The molecular weight excluding hydrogens is 212 g/mol. The molecule has 2 N–H and O–H groups in total. The highest BCUT2D eigenvalue weighted by Gasteiger charge is 2.16. The van der Waals surface area contributed by atoms with E-state index < -0.39 is 0 Å². The largest absolute Gasteiger partial charge is 0.379 e. The van der Waals surface area contributed by atoms with Gasteiger partial charge in [-0.25, -0.2) is 0 Å². The lowest BCUT2D eigenvalue weighted by atomic mass is 9.99. The number of benzene rings is 1. The molecule has 0 radical (unpaired) electrons. The van der Waals surface area contributed by atoms with Crippen molar-refractivity contribution >= 4 is 0 Å². The van der Waals surface area contributed by atoms with E-state index in [0.29, 0.717) is 0 Å². The van der Waals surface area contributed by atoms with Crippen LogP contribution in [0.15, 0.2) is 18.2 Å². The summed E-state index contributed by atoms with van der Waals surface area (Å²) in [7, 11) is 0. The molecule has 1 aliphatic rings. The molecule has 0 saturated carbocycles. The first-order valence-corrected chi connectivity index (χ1v) is 6.29. The fourth-order valence-corrected chi connectivity index (χ4v) is 2.32. The van der Waals surface area contributed by atoms with E-state index in [0.717, 1.165) is 32.8 Å². The minimum absolute atomic E-state index is 0.105. The first kappa shape index (κ1) is 12.6. The van der Waals surface area contributed by atoms with E-state index in [2.05, 4.69) is 36.9 Å². The second kappa shape index (κ2) is 5.63. The van der Waals surface area contributed by atoms with Crippen LogP contribution in [0.3, 0.4) is 0 Å². The van der Waals surface area contributed by atoms with E-state index in [1.165, 1.54) is 16.7 Å². The zero-order valence-corrected chi connectivity index (χ0v) is 10.8. The maximum atomic E-state index is 6.31. The quantitative estimate of drug-likeness (QED) is 0.864. The number of rotatable bonds is 3. The number of hydrogen-bond donors (Lipinski definition) is 1. The first-order chi connectivity index (χ1) is 8.16. The molecule has 1 fully saturated rings.